The Balaban J connectivity index is 1.59. The van der Waals surface area contributed by atoms with E-state index in [1.807, 2.05) is 18.2 Å². The lowest BCUT2D eigenvalue weighted by atomic mass is 10.0. The van der Waals surface area contributed by atoms with Crippen molar-refractivity contribution in [1.82, 2.24) is 15.2 Å². The minimum Gasteiger partial charge on any atom is -0.378 e. The molecule has 0 atom stereocenters. The number of aromatic amines is 1. The third-order valence-electron chi connectivity index (χ3n) is 5.43. The van der Waals surface area contributed by atoms with Crippen LogP contribution in [-0.4, -0.2) is 41.5 Å². The van der Waals surface area contributed by atoms with Crippen LogP contribution in [0.15, 0.2) is 60.7 Å². The van der Waals surface area contributed by atoms with E-state index < -0.39 is 11.7 Å². The number of benzene rings is 2. The Morgan fingerprint density at radius 3 is 2.29 bits per heavy atom. The lowest BCUT2D eigenvalue weighted by Crippen LogP contribution is -2.36. The summed E-state index contributed by atoms with van der Waals surface area (Å²) in [4.78, 5) is 6.62. The van der Waals surface area contributed by atoms with Crippen LogP contribution in [0.5, 0.6) is 0 Å². The lowest BCUT2D eigenvalue weighted by molar-refractivity contribution is -0.136. The molecule has 3 heterocycles. The molecular formula is C23H19F3N4O. The molecule has 5 rings (SSSR count). The Morgan fingerprint density at radius 1 is 0.903 bits per heavy atom. The monoisotopic (exact) mass is 424 g/mol. The van der Waals surface area contributed by atoms with Gasteiger partial charge in [0.2, 0.25) is 0 Å². The number of H-pyrrole nitrogens is 1. The molecular weight excluding hydrogens is 405 g/mol. The van der Waals surface area contributed by atoms with E-state index in [4.69, 9.17) is 4.74 Å². The maximum absolute atomic E-state index is 14.0. The van der Waals surface area contributed by atoms with Gasteiger partial charge in [-0.3, -0.25) is 5.10 Å². The summed E-state index contributed by atoms with van der Waals surface area (Å²) >= 11 is 0. The first kappa shape index (κ1) is 19.6. The fourth-order valence-corrected chi connectivity index (χ4v) is 3.87. The number of aromatic nitrogens is 3. The summed E-state index contributed by atoms with van der Waals surface area (Å²) in [6, 6.07) is 17.3. The van der Waals surface area contributed by atoms with Crippen LogP contribution in [0, 0.1) is 0 Å². The van der Waals surface area contributed by atoms with E-state index in [9.17, 15) is 13.2 Å². The Labute approximate surface area is 176 Å². The molecule has 1 aliphatic heterocycles. The number of morpholine rings is 1. The first-order chi connectivity index (χ1) is 15.0. The number of hydrogen-bond acceptors (Lipinski definition) is 4. The second kappa shape index (κ2) is 7.70. The van der Waals surface area contributed by atoms with Gasteiger partial charge in [-0.05, 0) is 18.2 Å². The minimum atomic E-state index is -4.54. The molecule has 0 aliphatic carbocycles. The van der Waals surface area contributed by atoms with E-state index >= 15 is 0 Å². The first-order valence-corrected chi connectivity index (χ1v) is 9.95. The van der Waals surface area contributed by atoms with E-state index in [1.165, 1.54) is 0 Å². The van der Waals surface area contributed by atoms with Crippen LogP contribution in [-0.2, 0) is 10.9 Å². The number of hydrogen-bond donors (Lipinski definition) is 1. The number of ether oxygens (including phenoxy) is 1. The highest BCUT2D eigenvalue weighted by molar-refractivity contribution is 5.95. The summed E-state index contributed by atoms with van der Waals surface area (Å²) in [5.41, 5.74) is 2.08. The van der Waals surface area contributed by atoms with Crippen LogP contribution >= 0.6 is 0 Å². The van der Waals surface area contributed by atoms with E-state index in [0.717, 1.165) is 24.8 Å². The molecule has 0 spiro atoms. The average molecular weight is 424 g/mol. The highest BCUT2D eigenvalue weighted by Gasteiger charge is 2.35. The van der Waals surface area contributed by atoms with Crippen LogP contribution in [0.25, 0.3) is 33.5 Å². The number of nitrogens with one attached hydrogen (secondary N) is 1. The molecule has 1 fully saturated rings. The van der Waals surface area contributed by atoms with Crippen molar-refractivity contribution in [3.05, 3.63) is 66.2 Å². The molecule has 0 amide bonds. The number of pyridine rings is 1. The van der Waals surface area contributed by atoms with Gasteiger partial charge < -0.3 is 9.64 Å². The molecule has 1 N–H and O–H groups in total. The standard InChI is InChI=1S/C23H19F3N4O/c24-23(25,26)18-14-19(15-6-8-17(9-7-15)30-10-12-31-13-11-30)27-22-20(18)21(28-29-22)16-4-2-1-3-5-16/h1-9,14H,10-13H2,(H,27,28,29). The summed E-state index contributed by atoms with van der Waals surface area (Å²) in [6.45, 7) is 2.91. The highest BCUT2D eigenvalue weighted by Crippen LogP contribution is 2.40. The molecule has 158 valence electrons. The van der Waals surface area contributed by atoms with Gasteiger partial charge in [-0.1, -0.05) is 42.5 Å². The maximum Gasteiger partial charge on any atom is 0.417 e. The van der Waals surface area contributed by atoms with E-state index in [2.05, 4.69) is 20.1 Å². The molecule has 2 aromatic heterocycles. The number of fused-ring (bicyclic) bond motifs is 1. The van der Waals surface area contributed by atoms with Crippen LogP contribution in [0.1, 0.15) is 5.56 Å². The van der Waals surface area contributed by atoms with Crippen molar-refractivity contribution >= 4 is 16.7 Å². The first-order valence-electron chi connectivity index (χ1n) is 9.95. The Hall–Kier alpha value is -3.39. The van der Waals surface area contributed by atoms with Crippen molar-refractivity contribution < 1.29 is 17.9 Å². The summed E-state index contributed by atoms with van der Waals surface area (Å²) in [6.07, 6.45) is -4.54. The number of alkyl halides is 3. The molecule has 0 unspecified atom stereocenters. The number of rotatable bonds is 3. The van der Waals surface area contributed by atoms with Crippen molar-refractivity contribution in [1.29, 1.82) is 0 Å². The average Bonchev–Trinajstić information content (AvgIpc) is 3.23. The molecule has 2 aromatic carbocycles. The molecule has 0 radical (unpaired) electrons. The quantitative estimate of drug-likeness (QED) is 0.494. The van der Waals surface area contributed by atoms with E-state index in [1.54, 1.807) is 36.4 Å². The van der Waals surface area contributed by atoms with Gasteiger partial charge in [-0.2, -0.15) is 18.3 Å². The SMILES string of the molecule is FC(F)(F)c1cc(-c2ccc(N3CCOCC3)cc2)nc2n[nH]c(-c3ccccc3)c12. The van der Waals surface area contributed by atoms with Crippen LogP contribution < -0.4 is 4.90 Å². The molecule has 1 aliphatic rings. The Morgan fingerprint density at radius 2 is 1.61 bits per heavy atom. The van der Waals surface area contributed by atoms with E-state index in [-0.39, 0.29) is 16.7 Å². The second-order valence-electron chi connectivity index (χ2n) is 7.36. The van der Waals surface area contributed by atoms with Crippen LogP contribution in [0.3, 0.4) is 0 Å². The normalized spacial score (nSPS) is 14.9. The molecule has 1 saturated heterocycles. The third kappa shape index (κ3) is 3.74. The largest absolute Gasteiger partial charge is 0.417 e. The summed E-state index contributed by atoms with van der Waals surface area (Å²) in [5, 5.41) is 6.81. The van der Waals surface area contributed by atoms with Gasteiger partial charge in [0.05, 0.1) is 35.6 Å². The molecule has 0 bridgehead atoms. The number of halogens is 3. The topological polar surface area (TPSA) is 54.0 Å². The van der Waals surface area contributed by atoms with Crippen molar-refractivity contribution in [3.63, 3.8) is 0 Å². The Kier molecular flexibility index (Phi) is 4.86. The van der Waals surface area contributed by atoms with Crippen molar-refractivity contribution in [2.45, 2.75) is 6.18 Å². The summed E-state index contributed by atoms with van der Waals surface area (Å²) < 4.78 is 47.4. The smallest absolute Gasteiger partial charge is 0.378 e. The number of nitrogens with zero attached hydrogens (tertiary/aromatic N) is 3. The molecule has 8 heteroatoms. The zero-order valence-electron chi connectivity index (χ0n) is 16.5. The third-order valence-corrected chi connectivity index (χ3v) is 5.43. The predicted octanol–water partition coefficient (Wildman–Crippen LogP) is 5.15. The van der Waals surface area contributed by atoms with Crippen molar-refractivity contribution in [3.8, 4) is 22.5 Å². The molecule has 4 aromatic rings. The summed E-state index contributed by atoms with van der Waals surface area (Å²) in [7, 11) is 0. The van der Waals surface area contributed by atoms with E-state index in [0.29, 0.717) is 30.0 Å². The zero-order chi connectivity index (χ0) is 21.4. The number of anilines is 1. The zero-order valence-corrected chi connectivity index (χ0v) is 16.5. The molecule has 5 nitrogen and oxygen atoms in total. The molecule has 0 saturated carbocycles. The minimum absolute atomic E-state index is 0.0209. The lowest BCUT2D eigenvalue weighted by Gasteiger charge is -2.28. The second-order valence-corrected chi connectivity index (χ2v) is 7.36. The van der Waals surface area contributed by atoms with Gasteiger partial charge in [0.1, 0.15) is 0 Å². The molecule has 31 heavy (non-hydrogen) atoms. The Bertz CT molecular complexity index is 1200. The van der Waals surface area contributed by atoms with Gasteiger partial charge in [0, 0.05) is 29.9 Å². The van der Waals surface area contributed by atoms with Gasteiger partial charge >= 0.3 is 6.18 Å². The van der Waals surface area contributed by atoms with Crippen molar-refractivity contribution in [2.75, 3.05) is 31.2 Å². The fourth-order valence-electron chi connectivity index (χ4n) is 3.87. The van der Waals surface area contributed by atoms with Gasteiger partial charge in [0.15, 0.2) is 5.65 Å². The predicted molar refractivity (Wildman–Crippen MR) is 113 cm³/mol. The van der Waals surface area contributed by atoms with Crippen molar-refractivity contribution in [2.24, 2.45) is 0 Å². The highest BCUT2D eigenvalue weighted by atomic mass is 19.4. The van der Waals surface area contributed by atoms with Gasteiger partial charge in [-0.15, -0.1) is 0 Å². The van der Waals surface area contributed by atoms with Crippen LogP contribution in [0.2, 0.25) is 0 Å². The van der Waals surface area contributed by atoms with Gasteiger partial charge in [0.25, 0.3) is 0 Å². The van der Waals surface area contributed by atoms with Crippen LogP contribution in [0.4, 0.5) is 18.9 Å². The fraction of sp³-hybridized carbons (Fsp3) is 0.217. The van der Waals surface area contributed by atoms with Gasteiger partial charge in [-0.25, -0.2) is 4.98 Å². The summed E-state index contributed by atoms with van der Waals surface area (Å²) in [5.74, 6) is 0. The maximum atomic E-state index is 14.0.